The van der Waals surface area contributed by atoms with Crippen LogP contribution < -0.4 is 0 Å². The van der Waals surface area contributed by atoms with Crippen molar-refractivity contribution in [2.24, 2.45) is 5.41 Å². The van der Waals surface area contributed by atoms with Crippen LogP contribution >= 0.6 is 11.8 Å². The Morgan fingerprint density at radius 2 is 1.59 bits per heavy atom. The lowest BCUT2D eigenvalue weighted by Crippen LogP contribution is -2.47. The second-order valence-electron chi connectivity index (χ2n) is 8.62. The minimum atomic E-state index is -0.758. The van der Waals surface area contributed by atoms with E-state index in [1.807, 2.05) is 43.3 Å². The molecule has 0 aromatic heterocycles. The topological polar surface area (TPSA) is 63.7 Å². The summed E-state index contributed by atoms with van der Waals surface area (Å²) < 4.78 is 5.61. The zero-order valence-electron chi connectivity index (χ0n) is 19.0. The lowest BCUT2D eigenvalue weighted by Gasteiger charge is -2.27. The summed E-state index contributed by atoms with van der Waals surface area (Å²) in [5.74, 6) is -0.778. The van der Waals surface area contributed by atoms with Gasteiger partial charge in [0, 0.05) is 23.6 Å². The maximum Gasteiger partial charge on any atom is 0.339 e. The van der Waals surface area contributed by atoms with E-state index in [1.165, 1.54) is 16.7 Å². The van der Waals surface area contributed by atoms with Crippen LogP contribution in [0.25, 0.3) is 0 Å². The van der Waals surface area contributed by atoms with E-state index in [-0.39, 0.29) is 12.5 Å². The smallest absolute Gasteiger partial charge is 0.339 e. The fourth-order valence-electron chi connectivity index (χ4n) is 3.70. The predicted octanol–water partition coefficient (Wildman–Crippen LogP) is 4.66. The largest absolute Gasteiger partial charge is 0.463 e. The van der Waals surface area contributed by atoms with Crippen molar-refractivity contribution in [3.05, 3.63) is 71.8 Å². The maximum absolute atomic E-state index is 12.8. The number of ketones is 1. The zero-order valence-corrected chi connectivity index (χ0v) is 19.8. The fourth-order valence-corrected chi connectivity index (χ4v) is 4.81. The van der Waals surface area contributed by atoms with Gasteiger partial charge in [0.1, 0.15) is 0 Å². The van der Waals surface area contributed by atoms with Gasteiger partial charge >= 0.3 is 5.97 Å². The number of carbonyl (C=O) groups is 3. The van der Waals surface area contributed by atoms with Crippen molar-refractivity contribution < 1.29 is 19.1 Å². The Morgan fingerprint density at radius 3 is 2.12 bits per heavy atom. The van der Waals surface area contributed by atoms with Crippen LogP contribution in [0.1, 0.15) is 50.7 Å². The number of esters is 1. The third kappa shape index (κ3) is 5.60. The molecule has 2 aromatic carbocycles. The first kappa shape index (κ1) is 24.1. The van der Waals surface area contributed by atoms with E-state index in [4.69, 9.17) is 4.74 Å². The van der Waals surface area contributed by atoms with Crippen molar-refractivity contribution in [3.8, 4) is 0 Å². The minimum absolute atomic E-state index is 0.103. The molecule has 170 valence electrons. The molecule has 1 atom stereocenters. The highest BCUT2D eigenvalue weighted by Gasteiger charge is 2.42. The van der Waals surface area contributed by atoms with E-state index >= 15 is 0 Å². The summed E-state index contributed by atoms with van der Waals surface area (Å²) in [7, 11) is 0. The summed E-state index contributed by atoms with van der Waals surface area (Å²) in [6, 6.07) is 20.3. The molecule has 1 fully saturated rings. The van der Waals surface area contributed by atoms with E-state index in [0.717, 1.165) is 11.1 Å². The van der Waals surface area contributed by atoms with Crippen molar-refractivity contribution in [2.45, 2.75) is 44.9 Å². The predicted molar refractivity (Wildman–Crippen MR) is 127 cm³/mol. The number of ether oxygens (including phenoxy) is 1. The van der Waals surface area contributed by atoms with Crippen LogP contribution in [-0.2, 0) is 19.1 Å². The van der Waals surface area contributed by atoms with Gasteiger partial charge in [-0.3, -0.25) is 9.59 Å². The van der Waals surface area contributed by atoms with Gasteiger partial charge in [-0.05, 0) is 24.0 Å². The molecule has 1 amide bonds. The number of thioether (sulfide) groups is 1. The van der Waals surface area contributed by atoms with E-state index in [0.29, 0.717) is 25.1 Å². The number of rotatable bonds is 9. The number of Topliss-reactive ketones (excluding diaryl/α,β-unsaturated/α-hetero) is 1. The normalized spacial score (nSPS) is 16.2. The zero-order chi connectivity index (χ0) is 23.1. The summed E-state index contributed by atoms with van der Waals surface area (Å²) in [5, 5.41) is -0.758. The van der Waals surface area contributed by atoms with Crippen LogP contribution in [0.15, 0.2) is 60.7 Å². The first-order valence-corrected chi connectivity index (χ1v) is 12.1. The van der Waals surface area contributed by atoms with Gasteiger partial charge < -0.3 is 9.64 Å². The number of amides is 1. The van der Waals surface area contributed by atoms with Crippen LogP contribution in [0, 0.1) is 5.41 Å². The molecule has 0 bridgehead atoms. The van der Waals surface area contributed by atoms with E-state index in [2.05, 4.69) is 24.3 Å². The minimum Gasteiger partial charge on any atom is -0.463 e. The monoisotopic (exact) mass is 453 g/mol. The molecule has 0 unspecified atom stereocenters. The number of benzene rings is 2. The highest BCUT2D eigenvalue weighted by atomic mass is 32.2. The van der Waals surface area contributed by atoms with Crippen LogP contribution in [0.4, 0.5) is 0 Å². The highest BCUT2D eigenvalue weighted by molar-refractivity contribution is 8.00. The average molecular weight is 454 g/mol. The van der Waals surface area contributed by atoms with Crippen molar-refractivity contribution in [3.63, 3.8) is 0 Å². The molecule has 0 N–H and O–H groups in total. The molecule has 0 aliphatic carbocycles. The molecule has 32 heavy (non-hydrogen) atoms. The second kappa shape index (κ2) is 10.8. The molecule has 2 aromatic rings. The van der Waals surface area contributed by atoms with Gasteiger partial charge in [0.05, 0.1) is 6.61 Å². The molecular weight excluding hydrogens is 422 g/mol. The first-order chi connectivity index (χ1) is 15.3. The van der Waals surface area contributed by atoms with Gasteiger partial charge in [-0.25, -0.2) is 4.79 Å². The Balaban J connectivity index is 1.64. The number of hydrogen-bond donors (Lipinski definition) is 0. The average Bonchev–Trinajstić information content (AvgIpc) is 3.32. The Bertz CT molecular complexity index is 890. The Hall–Kier alpha value is -2.60. The van der Waals surface area contributed by atoms with Gasteiger partial charge in [-0.2, -0.15) is 0 Å². The number of nitrogens with zero attached hydrogens (tertiary/aromatic N) is 1. The quantitative estimate of drug-likeness (QED) is 0.408. The van der Waals surface area contributed by atoms with Gasteiger partial charge in [0.25, 0.3) is 5.91 Å². The molecule has 6 heteroatoms. The van der Waals surface area contributed by atoms with E-state index in [9.17, 15) is 14.4 Å². The summed E-state index contributed by atoms with van der Waals surface area (Å²) in [4.78, 5) is 39.6. The van der Waals surface area contributed by atoms with Gasteiger partial charge in [-0.15, -0.1) is 11.8 Å². The van der Waals surface area contributed by atoms with Gasteiger partial charge in [0.15, 0.2) is 5.37 Å². The maximum atomic E-state index is 12.8. The molecule has 1 aliphatic rings. The lowest BCUT2D eigenvalue weighted by molar-refractivity contribution is -0.155. The van der Waals surface area contributed by atoms with Crippen LogP contribution in [0.2, 0.25) is 0 Å². The summed E-state index contributed by atoms with van der Waals surface area (Å²) in [6.07, 6.45) is 1.20. The number of carbonyl (C=O) groups excluding carboxylic acids is 3. The first-order valence-electron chi connectivity index (χ1n) is 11.1. The van der Waals surface area contributed by atoms with Crippen molar-refractivity contribution in [1.29, 1.82) is 0 Å². The van der Waals surface area contributed by atoms with Crippen molar-refractivity contribution in [2.75, 3.05) is 18.9 Å². The summed E-state index contributed by atoms with van der Waals surface area (Å²) >= 11 is 1.35. The van der Waals surface area contributed by atoms with Gasteiger partial charge in [0.2, 0.25) is 5.78 Å². The summed E-state index contributed by atoms with van der Waals surface area (Å²) in [6.45, 7) is 6.02. The molecular formula is C26H31NO4S. The van der Waals surface area contributed by atoms with Crippen LogP contribution in [0.3, 0.4) is 0 Å². The van der Waals surface area contributed by atoms with Gasteiger partial charge in [-0.1, -0.05) is 81.4 Å². The third-order valence-electron chi connectivity index (χ3n) is 6.10. The Morgan fingerprint density at radius 1 is 1.03 bits per heavy atom. The fraction of sp³-hybridized carbons (Fsp3) is 0.423. The SMILES string of the molecule is CCC(C)(C)C(=O)C(=O)N1CCS[C@H]1C(=O)OCCC(c1ccccc1)c1ccccc1. The molecule has 0 spiro atoms. The molecule has 1 aliphatic heterocycles. The van der Waals surface area contributed by atoms with Crippen LogP contribution in [0.5, 0.6) is 0 Å². The molecule has 1 saturated heterocycles. The molecule has 3 rings (SSSR count). The molecule has 5 nitrogen and oxygen atoms in total. The van der Waals surface area contributed by atoms with E-state index < -0.39 is 28.4 Å². The molecule has 0 saturated carbocycles. The molecule has 1 heterocycles. The summed E-state index contributed by atoms with van der Waals surface area (Å²) in [5.41, 5.74) is 1.58. The van der Waals surface area contributed by atoms with Crippen LogP contribution in [-0.4, -0.2) is 46.8 Å². The Kier molecular flexibility index (Phi) is 8.13. The second-order valence-corrected chi connectivity index (χ2v) is 9.81. The Labute approximate surface area is 194 Å². The third-order valence-corrected chi connectivity index (χ3v) is 7.28. The van der Waals surface area contributed by atoms with Crippen molar-refractivity contribution >= 4 is 29.4 Å². The standard InChI is InChI=1S/C26H31NO4S/c1-4-26(2,3)22(28)23(29)27-16-18-32-24(27)25(30)31-17-15-21(19-11-7-5-8-12-19)20-13-9-6-10-14-20/h5-14,21,24H,4,15-18H2,1-3H3/t24-/m0/s1. The number of hydrogen-bond acceptors (Lipinski definition) is 5. The molecule has 0 radical (unpaired) electrons. The highest BCUT2D eigenvalue weighted by Crippen LogP contribution is 2.30. The van der Waals surface area contributed by atoms with E-state index in [1.54, 1.807) is 13.8 Å². The lowest BCUT2D eigenvalue weighted by atomic mass is 9.84. The van der Waals surface area contributed by atoms with Crippen molar-refractivity contribution in [1.82, 2.24) is 4.90 Å².